The van der Waals surface area contributed by atoms with Crippen molar-refractivity contribution in [3.05, 3.63) is 12.2 Å². The van der Waals surface area contributed by atoms with Crippen LogP contribution in [0.3, 0.4) is 0 Å². The Balaban J connectivity index is 3.04. The highest BCUT2D eigenvalue weighted by Gasteiger charge is 1.94. The molecule has 1 heterocycles. The summed E-state index contributed by atoms with van der Waals surface area (Å²) in [4.78, 5) is 3.09. The standard InChI is InChI=1S/C3HFNOS/c4-2-1-6-3(7)5-2/h1H. The minimum Gasteiger partial charge on any atom is -0.433 e. The minimum atomic E-state index is -0.662. The zero-order chi connectivity index (χ0) is 5.28. The van der Waals surface area contributed by atoms with Crippen LogP contribution < -0.4 is 0 Å². The van der Waals surface area contributed by atoms with E-state index in [1.165, 1.54) is 0 Å². The van der Waals surface area contributed by atoms with Crippen molar-refractivity contribution in [2.75, 3.05) is 0 Å². The molecule has 2 nitrogen and oxygen atoms in total. The molecule has 0 saturated carbocycles. The summed E-state index contributed by atoms with van der Waals surface area (Å²) in [5.41, 5.74) is 0. The largest absolute Gasteiger partial charge is 0.433 e. The van der Waals surface area contributed by atoms with Gasteiger partial charge < -0.3 is 4.42 Å². The molecule has 0 amide bonds. The molecule has 0 saturated heterocycles. The van der Waals surface area contributed by atoms with Crippen molar-refractivity contribution >= 4 is 12.6 Å². The van der Waals surface area contributed by atoms with E-state index < -0.39 is 5.95 Å². The molecule has 0 aliphatic rings. The minimum absolute atomic E-state index is 0.0579. The van der Waals surface area contributed by atoms with E-state index in [-0.39, 0.29) is 5.22 Å². The molecule has 0 atom stereocenters. The van der Waals surface area contributed by atoms with Gasteiger partial charge in [-0.25, -0.2) is 0 Å². The lowest BCUT2D eigenvalue weighted by molar-refractivity contribution is 0.454. The molecule has 1 rings (SSSR count). The number of oxazole rings is 1. The lowest BCUT2D eigenvalue weighted by Gasteiger charge is -1.63. The van der Waals surface area contributed by atoms with Gasteiger partial charge in [-0.05, 0) is 12.6 Å². The molecule has 0 N–H and O–H groups in total. The van der Waals surface area contributed by atoms with Crippen LogP contribution in [0.1, 0.15) is 0 Å². The Bertz CT molecular complexity index is 147. The second-order valence-corrected chi connectivity index (χ2v) is 1.29. The zero-order valence-electron chi connectivity index (χ0n) is 3.22. The summed E-state index contributed by atoms with van der Waals surface area (Å²) in [7, 11) is 0. The first kappa shape index (κ1) is 4.52. The molecular formula is C3HFNOS. The highest BCUT2D eigenvalue weighted by molar-refractivity contribution is 7.80. The third kappa shape index (κ3) is 0.866. The maximum absolute atomic E-state index is 11.7. The molecule has 0 spiro atoms. The van der Waals surface area contributed by atoms with Gasteiger partial charge in [-0.1, -0.05) is 0 Å². The van der Waals surface area contributed by atoms with Gasteiger partial charge in [0.05, 0.1) is 0 Å². The fraction of sp³-hybridized carbons (Fsp3) is 0. The van der Waals surface area contributed by atoms with Crippen LogP contribution in [0.2, 0.25) is 0 Å². The van der Waals surface area contributed by atoms with Crippen molar-refractivity contribution in [2.45, 2.75) is 5.22 Å². The molecule has 0 aliphatic heterocycles. The number of nitrogens with zero attached hydrogens (tertiary/aromatic N) is 1. The number of aromatic nitrogens is 1. The molecule has 1 aromatic rings. The monoisotopic (exact) mass is 118 g/mol. The Morgan fingerprint density at radius 3 is 2.71 bits per heavy atom. The summed E-state index contributed by atoms with van der Waals surface area (Å²) in [5.74, 6) is -0.662. The summed E-state index contributed by atoms with van der Waals surface area (Å²) < 4.78 is 15.9. The fourth-order valence-corrected chi connectivity index (χ4v) is 0.374. The second kappa shape index (κ2) is 1.46. The topological polar surface area (TPSA) is 26.0 Å². The van der Waals surface area contributed by atoms with Gasteiger partial charge >= 0.3 is 0 Å². The Hall–Kier alpha value is -0.640. The van der Waals surface area contributed by atoms with Gasteiger partial charge in [-0.15, -0.1) is 0 Å². The van der Waals surface area contributed by atoms with Crippen LogP contribution in [0.5, 0.6) is 0 Å². The molecule has 0 unspecified atom stereocenters. The van der Waals surface area contributed by atoms with Crippen LogP contribution in [0.25, 0.3) is 0 Å². The summed E-state index contributed by atoms with van der Waals surface area (Å²) >= 11 is 4.32. The first-order valence-corrected chi connectivity index (χ1v) is 1.98. The van der Waals surface area contributed by atoms with E-state index in [1.807, 2.05) is 0 Å². The quantitative estimate of drug-likeness (QED) is 0.514. The molecule has 1 aromatic heterocycles. The van der Waals surface area contributed by atoms with Gasteiger partial charge in [0.2, 0.25) is 0 Å². The molecule has 0 aromatic carbocycles. The summed E-state index contributed by atoms with van der Waals surface area (Å²) in [5, 5.41) is -0.0579. The predicted molar refractivity (Wildman–Crippen MR) is 22.3 cm³/mol. The lowest BCUT2D eigenvalue weighted by Crippen LogP contribution is -1.65. The predicted octanol–water partition coefficient (Wildman–Crippen LogP) is 1.37. The lowest BCUT2D eigenvalue weighted by atomic mass is 10.9. The highest BCUT2D eigenvalue weighted by atomic mass is 32.1. The van der Waals surface area contributed by atoms with Crippen molar-refractivity contribution in [2.24, 2.45) is 0 Å². The zero-order valence-corrected chi connectivity index (χ0v) is 4.04. The smallest absolute Gasteiger partial charge is 0.291 e. The van der Waals surface area contributed by atoms with Gasteiger partial charge in [0.1, 0.15) is 6.26 Å². The third-order valence-corrected chi connectivity index (χ3v) is 0.643. The first-order chi connectivity index (χ1) is 3.29. The molecular weight excluding hydrogens is 117 g/mol. The summed E-state index contributed by atoms with van der Waals surface area (Å²) in [6.45, 7) is 0. The number of rotatable bonds is 0. The van der Waals surface area contributed by atoms with Crippen LogP contribution in [0, 0.1) is 5.95 Å². The molecule has 1 radical (unpaired) electrons. The van der Waals surface area contributed by atoms with Crippen molar-refractivity contribution in [1.82, 2.24) is 4.98 Å². The van der Waals surface area contributed by atoms with E-state index in [0.29, 0.717) is 0 Å². The first-order valence-electron chi connectivity index (χ1n) is 1.57. The van der Waals surface area contributed by atoms with Gasteiger partial charge in [0.25, 0.3) is 11.2 Å². The van der Waals surface area contributed by atoms with Crippen molar-refractivity contribution in [3.63, 3.8) is 0 Å². The van der Waals surface area contributed by atoms with Crippen LogP contribution in [0.4, 0.5) is 4.39 Å². The Morgan fingerprint density at radius 1 is 1.86 bits per heavy atom. The Morgan fingerprint density at radius 2 is 2.57 bits per heavy atom. The molecule has 0 bridgehead atoms. The van der Waals surface area contributed by atoms with E-state index in [0.717, 1.165) is 6.26 Å². The van der Waals surface area contributed by atoms with Gasteiger partial charge in [0.15, 0.2) is 0 Å². The van der Waals surface area contributed by atoms with Crippen LogP contribution in [0.15, 0.2) is 15.9 Å². The van der Waals surface area contributed by atoms with Crippen LogP contribution in [-0.4, -0.2) is 4.98 Å². The van der Waals surface area contributed by atoms with Gasteiger partial charge in [0, 0.05) is 0 Å². The SMILES string of the molecule is Fc1coc([S])n1. The normalized spacial score (nSPS) is 9.29. The summed E-state index contributed by atoms with van der Waals surface area (Å²) in [6.07, 6.45) is 0.863. The molecule has 7 heavy (non-hydrogen) atoms. The highest BCUT2D eigenvalue weighted by Crippen LogP contribution is 2.01. The number of halogens is 1. The van der Waals surface area contributed by atoms with Gasteiger partial charge in [-0.2, -0.15) is 9.37 Å². The molecule has 0 aliphatic carbocycles. The van der Waals surface area contributed by atoms with Crippen LogP contribution in [-0.2, 0) is 0 Å². The summed E-state index contributed by atoms with van der Waals surface area (Å²) in [6, 6.07) is 0. The average Bonchev–Trinajstić information content (AvgIpc) is 1.87. The second-order valence-electron chi connectivity index (χ2n) is 0.936. The third-order valence-electron chi connectivity index (χ3n) is 0.455. The van der Waals surface area contributed by atoms with E-state index in [9.17, 15) is 4.39 Å². The fourth-order valence-electron chi connectivity index (χ4n) is 0.239. The average molecular weight is 118 g/mol. The van der Waals surface area contributed by atoms with Gasteiger partial charge in [-0.3, -0.25) is 0 Å². The van der Waals surface area contributed by atoms with Crippen molar-refractivity contribution in [1.29, 1.82) is 0 Å². The molecule has 37 valence electrons. The van der Waals surface area contributed by atoms with E-state index in [2.05, 4.69) is 22.0 Å². The maximum Gasteiger partial charge on any atom is 0.291 e. The van der Waals surface area contributed by atoms with Crippen molar-refractivity contribution < 1.29 is 8.81 Å². The van der Waals surface area contributed by atoms with E-state index >= 15 is 0 Å². The molecule has 0 fully saturated rings. The number of hydrogen-bond donors (Lipinski definition) is 0. The molecule has 4 heteroatoms. The van der Waals surface area contributed by atoms with E-state index in [1.54, 1.807) is 0 Å². The van der Waals surface area contributed by atoms with Crippen molar-refractivity contribution in [3.8, 4) is 0 Å². The Kier molecular flexibility index (Phi) is 0.941. The maximum atomic E-state index is 11.7. The van der Waals surface area contributed by atoms with E-state index in [4.69, 9.17) is 0 Å². The van der Waals surface area contributed by atoms with Crippen LogP contribution >= 0.6 is 12.6 Å². The number of hydrogen-bond acceptors (Lipinski definition) is 2. The Labute approximate surface area is 44.8 Å².